The minimum atomic E-state index is 0.0374. The lowest BCUT2D eigenvalue weighted by Crippen LogP contribution is -2.16. The van der Waals surface area contributed by atoms with Crippen molar-refractivity contribution in [1.82, 2.24) is 10.2 Å². The first-order chi connectivity index (χ1) is 5.06. The molecule has 0 saturated heterocycles. The van der Waals surface area contributed by atoms with E-state index in [4.69, 9.17) is 4.42 Å². The first-order valence-electron chi connectivity index (χ1n) is 3.87. The summed E-state index contributed by atoms with van der Waals surface area (Å²) in [5.41, 5.74) is 0.0374. The smallest absolute Gasteiger partial charge is 0.354 e. The fraction of sp³-hybridized carbons (Fsp3) is 0.714. The van der Waals surface area contributed by atoms with Crippen LogP contribution in [0.1, 0.15) is 33.1 Å². The van der Waals surface area contributed by atoms with E-state index in [1.54, 1.807) is 0 Å². The van der Waals surface area contributed by atoms with Gasteiger partial charge in [-0.15, -0.1) is 10.2 Å². The quantitative estimate of drug-likeness (QED) is 0.584. The van der Waals surface area contributed by atoms with E-state index in [1.165, 1.54) is 0 Å². The van der Waals surface area contributed by atoms with Gasteiger partial charge in [-0.05, 0) is 6.42 Å². The summed E-state index contributed by atoms with van der Waals surface area (Å²) in [5.74, 6) is 0.769. The second-order valence-corrected chi connectivity index (χ2v) is 4.22. The van der Waals surface area contributed by atoms with Crippen molar-refractivity contribution in [3.05, 3.63) is 5.89 Å². The molecule has 0 aliphatic rings. The van der Waals surface area contributed by atoms with E-state index in [0.717, 1.165) is 33.4 Å². The predicted molar refractivity (Wildman–Crippen MR) is 45.8 cm³/mol. The Morgan fingerprint density at radius 2 is 2.09 bits per heavy atom. The maximum absolute atomic E-state index is 5.38. The van der Waals surface area contributed by atoms with E-state index in [1.807, 2.05) is 0 Å². The van der Waals surface area contributed by atoms with Gasteiger partial charge in [0, 0.05) is 5.41 Å². The van der Waals surface area contributed by atoms with Crippen molar-refractivity contribution >= 4 is 21.0 Å². The molecule has 0 aliphatic heterocycles. The summed E-state index contributed by atoms with van der Waals surface area (Å²) in [4.78, 5) is 0. The Bertz CT molecular complexity index is 244. The fourth-order valence-electron chi connectivity index (χ4n) is 0.721. The normalized spacial score (nSPS) is 11.9. The van der Waals surface area contributed by atoms with Crippen LogP contribution in [0.15, 0.2) is 4.42 Å². The van der Waals surface area contributed by atoms with E-state index in [9.17, 15) is 0 Å². The SMILES string of the molecule is CCC(C)(C)c1nn[c]([AlH2])o1. The van der Waals surface area contributed by atoms with Gasteiger partial charge in [-0.25, -0.2) is 0 Å². The highest BCUT2D eigenvalue weighted by atomic mass is 27.0. The van der Waals surface area contributed by atoms with Crippen LogP contribution < -0.4 is 4.75 Å². The van der Waals surface area contributed by atoms with Gasteiger partial charge in [0.15, 0.2) is 0 Å². The van der Waals surface area contributed by atoms with Gasteiger partial charge in [0.25, 0.3) is 0 Å². The Kier molecular flexibility index (Phi) is 2.36. The Morgan fingerprint density at radius 1 is 1.45 bits per heavy atom. The number of nitrogens with zero attached hydrogens (tertiary/aromatic N) is 2. The highest BCUT2D eigenvalue weighted by Gasteiger charge is 2.23. The van der Waals surface area contributed by atoms with E-state index >= 15 is 0 Å². The molecule has 0 spiro atoms. The number of rotatable bonds is 2. The fourth-order valence-corrected chi connectivity index (χ4v) is 1.01. The molecule has 0 radical (unpaired) electrons. The van der Waals surface area contributed by atoms with Gasteiger partial charge in [-0.3, -0.25) is 0 Å². The molecule has 1 rings (SSSR count). The summed E-state index contributed by atoms with van der Waals surface area (Å²) in [5, 5.41) is 7.85. The Hall–Kier alpha value is -0.328. The van der Waals surface area contributed by atoms with E-state index in [-0.39, 0.29) is 5.41 Å². The van der Waals surface area contributed by atoms with Crippen LogP contribution >= 0.6 is 0 Å². The van der Waals surface area contributed by atoms with Crippen molar-refractivity contribution in [3.63, 3.8) is 0 Å². The van der Waals surface area contributed by atoms with Crippen LogP contribution in [0.3, 0.4) is 0 Å². The zero-order valence-corrected chi connectivity index (χ0v) is 9.51. The van der Waals surface area contributed by atoms with Crippen LogP contribution in [-0.4, -0.2) is 26.5 Å². The summed E-state index contributed by atoms with van der Waals surface area (Å²) in [6.45, 7) is 6.35. The molecule has 4 heteroatoms. The van der Waals surface area contributed by atoms with Crippen molar-refractivity contribution in [2.45, 2.75) is 32.6 Å². The molecule has 0 N–H and O–H groups in total. The van der Waals surface area contributed by atoms with Gasteiger partial charge >= 0.3 is 16.3 Å². The molecule has 1 heterocycles. The first kappa shape index (κ1) is 8.77. The molecule has 0 bridgehead atoms. The monoisotopic (exact) mass is 168 g/mol. The minimum Gasteiger partial charge on any atom is -0.445 e. The molecule has 1 aromatic heterocycles. The summed E-state index contributed by atoms with van der Waals surface area (Å²) >= 11 is 0.841. The highest BCUT2D eigenvalue weighted by Crippen LogP contribution is 2.23. The summed E-state index contributed by atoms with van der Waals surface area (Å²) < 4.78 is 6.16. The molecule has 0 fully saturated rings. The van der Waals surface area contributed by atoms with Crippen LogP contribution in [0.2, 0.25) is 0 Å². The van der Waals surface area contributed by atoms with Crippen LogP contribution in [0.5, 0.6) is 0 Å². The van der Waals surface area contributed by atoms with Gasteiger partial charge in [0.05, 0.1) is 0 Å². The molecule has 0 atom stereocenters. The predicted octanol–water partition coefficient (Wildman–Crippen LogP) is 0.0156. The molecule has 0 aliphatic carbocycles. The first-order valence-corrected chi connectivity index (χ1v) is 4.87. The summed E-state index contributed by atoms with van der Waals surface area (Å²) in [6, 6.07) is 0. The molecule has 1 aromatic rings. The Morgan fingerprint density at radius 3 is 2.45 bits per heavy atom. The molecule has 60 valence electrons. The lowest BCUT2D eigenvalue weighted by atomic mass is 9.90. The summed E-state index contributed by atoms with van der Waals surface area (Å²) in [7, 11) is 0. The third-order valence-electron chi connectivity index (χ3n) is 1.99. The standard InChI is InChI=1S/C7H11N2O.Al.2H/c1-4-7(2,3)6-9-8-5-10-6;;;/h4H2,1-3H3;;;. The second kappa shape index (κ2) is 2.96. The molecule has 3 nitrogen and oxygen atoms in total. The largest absolute Gasteiger partial charge is 0.445 e. The third kappa shape index (κ3) is 1.82. The third-order valence-corrected chi connectivity index (χ3v) is 2.39. The highest BCUT2D eigenvalue weighted by molar-refractivity contribution is 6.27. The molecule has 0 aromatic carbocycles. The van der Waals surface area contributed by atoms with E-state index in [2.05, 4.69) is 31.0 Å². The van der Waals surface area contributed by atoms with Crippen LogP contribution in [-0.2, 0) is 5.41 Å². The average Bonchev–Trinajstić information content (AvgIpc) is 2.36. The van der Waals surface area contributed by atoms with Gasteiger partial charge < -0.3 is 4.42 Å². The van der Waals surface area contributed by atoms with E-state index in [0.29, 0.717) is 0 Å². The maximum atomic E-state index is 5.38. The maximum Gasteiger partial charge on any atom is 0.354 e. The Labute approximate surface area is 74.6 Å². The molecule has 0 amide bonds. The molecule has 0 saturated carbocycles. The minimum absolute atomic E-state index is 0.0374. The van der Waals surface area contributed by atoms with Crippen molar-refractivity contribution < 1.29 is 4.42 Å². The van der Waals surface area contributed by atoms with E-state index < -0.39 is 0 Å². The lowest BCUT2D eigenvalue weighted by molar-refractivity contribution is 0.370. The molecular formula is C7H13AlN2O. The van der Waals surface area contributed by atoms with Crippen LogP contribution in [0.4, 0.5) is 0 Å². The van der Waals surface area contributed by atoms with Crippen molar-refractivity contribution in [1.29, 1.82) is 0 Å². The zero-order valence-electron chi connectivity index (χ0n) is 7.51. The zero-order chi connectivity index (χ0) is 8.48. The lowest BCUT2D eigenvalue weighted by Gasteiger charge is -2.16. The van der Waals surface area contributed by atoms with Gasteiger partial charge in [-0.1, -0.05) is 20.8 Å². The van der Waals surface area contributed by atoms with Gasteiger partial charge in [0.2, 0.25) is 5.89 Å². The number of hydrogen-bond acceptors (Lipinski definition) is 3. The molecule has 0 unspecified atom stereocenters. The van der Waals surface area contributed by atoms with Crippen LogP contribution in [0.25, 0.3) is 0 Å². The van der Waals surface area contributed by atoms with Crippen molar-refractivity contribution in [2.24, 2.45) is 0 Å². The van der Waals surface area contributed by atoms with Gasteiger partial charge in [0.1, 0.15) is 4.75 Å². The van der Waals surface area contributed by atoms with Crippen molar-refractivity contribution in [3.8, 4) is 0 Å². The number of aromatic nitrogens is 2. The summed E-state index contributed by atoms with van der Waals surface area (Å²) in [6.07, 6.45) is 1.02. The topological polar surface area (TPSA) is 38.9 Å². The van der Waals surface area contributed by atoms with Crippen LogP contribution in [0, 0.1) is 0 Å². The average molecular weight is 168 g/mol. The molecular weight excluding hydrogens is 155 g/mol. The van der Waals surface area contributed by atoms with Crippen molar-refractivity contribution in [2.75, 3.05) is 0 Å². The second-order valence-electron chi connectivity index (χ2n) is 3.36. The van der Waals surface area contributed by atoms with Gasteiger partial charge in [-0.2, -0.15) is 0 Å². The number of hydrogen-bond donors (Lipinski definition) is 0. The Balaban J connectivity index is 2.92. The molecule has 11 heavy (non-hydrogen) atoms.